The van der Waals surface area contributed by atoms with Gasteiger partial charge in [-0.1, -0.05) is 51.4 Å². The van der Waals surface area contributed by atoms with Crippen molar-refractivity contribution in [2.75, 3.05) is 18.0 Å². The normalized spacial score (nSPS) is 15.8. The second-order valence-corrected chi connectivity index (χ2v) is 11.9. The first-order valence-corrected chi connectivity index (χ1v) is 12.8. The zero-order chi connectivity index (χ0) is 23.1. The van der Waals surface area contributed by atoms with Crippen molar-refractivity contribution in [1.29, 1.82) is 0 Å². The van der Waals surface area contributed by atoms with Crippen LogP contribution in [0.5, 0.6) is 0 Å². The van der Waals surface area contributed by atoms with Crippen LogP contribution in [0.2, 0.25) is 5.02 Å². The molecule has 2 heterocycles. The van der Waals surface area contributed by atoms with Gasteiger partial charge in [0.1, 0.15) is 0 Å². The van der Waals surface area contributed by atoms with Crippen molar-refractivity contribution >= 4 is 27.3 Å². The Balaban J connectivity index is 1.79. The van der Waals surface area contributed by atoms with E-state index in [0.29, 0.717) is 22.7 Å². The van der Waals surface area contributed by atoms with Gasteiger partial charge in [-0.25, -0.2) is 8.42 Å². The van der Waals surface area contributed by atoms with Gasteiger partial charge in [0, 0.05) is 23.7 Å². The summed E-state index contributed by atoms with van der Waals surface area (Å²) in [6.07, 6.45) is 1.97. The summed E-state index contributed by atoms with van der Waals surface area (Å²) < 4.78 is 33.2. The fourth-order valence-electron chi connectivity index (χ4n) is 3.85. The van der Waals surface area contributed by atoms with Crippen molar-refractivity contribution in [3.63, 3.8) is 0 Å². The van der Waals surface area contributed by atoms with Crippen molar-refractivity contribution in [2.45, 2.75) is 55.9 Å². The van der Waals surface area contributed by atoms with Gasteiger partial charge in [0.05, 0.1) is 4.90 Å². The molecule has 0 amide bonds. The Labute approximate surface area is 195 Å². The molecule has 0 atom stereocenters. The predicted octanol–water partition coefficient (Wildman–Crippen LogP) is 6.36. The average Bonchev–Trinajstić information content (AvgIpc) is 3.20. The summed E-state index contributed by atoms with van der Waals surface area (Å²) in [6.45, 7) is 10.1. The molecule has 0 bridgehead atoms. The van der Waals surface area contributed by atoms with E-state index in [1.807, 2.05) is 29.2 Å². The third-order valence-electron chi connectivity index (χ3n) is 6.03. The van der Waals surface area contributed by atoms with E-state index >= 15 is 0 Å². The van der Waals surface area contributed by atoms with Crippen LogP contribution in [0.15, 0.2) is 62.9 Å². The van der Waals surface area contributed by atoms with Crippen molar-refractivity contribution in [3.05, 3.63) is 59.1 Å². The molecule has 0 spiro atoms. The number of anilines is 1. The molecule has 1 fully saturated rings. The lowest BCUT2D eigenvalue weighted by atomic mass is 9.87. The Bertz CT molecular complexity index is 1190. The van der Waals surface area contributed by atoms with Crippen LogP contribution in [-0.4, -0.2) is 26.5 Å². The highest BCUT2D eigenvalue weighted by Gasteiger charge is 2.32. The quantitative estimate of drug-likeness (QED) is 0.442. The SMILES string of the molecule is CC1CCN(c2oc(-c3ccc(C(C)(C)C)cc3)nc2S(=O)(=O)c2ccc(Cl)cc2)CC1. The molecule has 4 rings (SSSR count). The molecule has 0 N–H and O–H groups in total. The van der Waals surface area contributed by atoms with Crippen LogP contribution in [0.1, 0.15) is 46.1 Å². The van der Waals surface area contributed by atoms with Crippen LogP contribution < -0.4 is 4.90 Å². The Morgan fingerprint density at radius 1 is 1.00 bits per heavy atom. The summed E-state index contributed by atoms with van der Waals surface area (Å²) in [5, 5.41) is 0.443. The average molecular weight is 473 g/mol. The molecular formula is C25H29ClN2O3S. The molecule has 7 heteroatoms. The van der Waals surface area contributed by atoms with Crippen LogP contribution in [0, 0.1) is 5.92 Å². The molecule has 32 heavy (non-hydrogen) atoms. The van der Waals surface area contributed by atoms with Gasteiger partial charge in [-0.05, 0) is 66.1 Å². The lowest BCUT2D eigenvalue weighted by Crippen LogP contribution is -2.33. The number of halogens is 1. The number of oxazole rings is 1. The summed E-state index contributed by atoms with van der Waals surface area (Å²) >= 11 is 5.97. The van der Waals surface area contributed by atoms with Crippen LogP contribution in [-0.2, 0) is 15.3 Å². The maximum absolute atomic E-state index is 13.5. The van der Waals surface area contributed by atoms with Gasteiger partial charge in [-0.3, -0.25) is 0 Å². The highest BCUT2D eigenvalue weighted by molar-refractivity contribution is 7.91. The van der Waals surface area contributed by atoms with Crippen molar-refractivity contribution < 1.29 is 12.8 Å². The molecule has 5 nitrogen and oxygen atoms in total. The molecule has 0 unspecified atom stereocenters. The first-order valence-electron chi connectivity index (χ1n) is 10.9. The summed E-state index contributed by atoms with van der Waals surface area (Å²) in [4.78, 5) is 6.66. The van der Waals surface area contributed by atoms with E-state index in [0.717, 1.165) is 31.5 Å². The van der Waals surface area contributed by atoms with Gasteiger partial charge < -0.3 is 9.32 Å². The first kappa shape index (κ1) is 22.9. The van der Waals surface area contributed by atoms with Gasteiger partial charge in [-0.15, -0.1) is 0 Å². The van der Waals surface area contributed by atoms with E-state index in [1.54, 1.807) is 12.1 Å². The lowest BCUT2D eigenvalue weighted by Gasteiger charge is -2.30. The predicted molar refractivity (Wildman–Crippen MR) is 128 cm³/mol. The molecule has 0 saturated carbocycles. The van der Waals surface area contributed by atoms with E-state index in [1.165, 1.54) is 17.7 Å². The van der Waals surface area contributed by atoms with Crippen molar-refractivity contribution in [3.8, 4) is 11.5 Å². The molecule has 2 aromatic carbocycles. The van der Waals surface area contributed by atoms with E-state index in [-0.39, 0.29) is 15.3 Å². The second kappa shape index (κ2) is 8.56. The third-order valence-corrected chi connectivity index (χ3v) is 7.95. The van der Waals surface area contributed by atoms with Gasteiger partial charge in [0.25, 0.3) is 0 Å². The molecule has 170 valence electrons. The highest BCUT2D eigenvalue weighted by atomic mass is 35.5. The molecule has 1 aliphatic rings. The number of sulfone groups is 1. The molecule has 1 saturated heterocycles. The van der Waals surface area contributed by atoms with Crippen LogP contribution in [0.4, 0.5) is 5.88 Å². The molecule has 1 aromatic heterocycles. The Morgan fingerprint density at radius 3 is 2.16 bits per heavy atom. The van der Waals surface area contributed by atoms with E-state index in [9.17, 15) is 8.42 Å². The number of hydrogen-bond acceptors (Lipinski definition) is 5. The Kier molecular flexibility index (Phi) is 6.12. The first-order chi connectivity index (χ1) is 15.1. The second-order valence-electron chi connectivity index (χ2n) is 9.58. The summed E-state index contributed by atoms with van der Waals surface area (Å²) in [7, 11) is -3.87. The number of nitrogens with zero attached hydrogens (tertiary/aromatic N) is 2. The zero-order valence-electron chi connectivity index (χ0n) is 18.9. The topological polar surface area (TPSA) is 63.4 Å². The fraction of sp³-hybridized carbons (Fsp3) is 0.400. The Morgan fingerprint density at radius 2 is 1.59 bits per heavy atom. The smallest absolute Gasteiger partial charge is 0.236 e. The number of hydrogen-bond donors (Lipinski definition) is 0. The lowest BCUT2D eigenvalue weighted by molar-refractivity contribution is 0.415. The summed E-state index contributed by atoms with van der Waals surface area (Å²) in [5.41, 5.74) is 1.96. The minimum atomic E-state index is -3.87. The molecular weight excluding hydrogens is 444 g/mol. The van der Waals surface area contributed by atoms with E-state index < -0.39 is 9.84 Å². The monoisotopic (exact) mass is 472 g/mol. The minimum Gasteiger partial charge on any atom is -0.419 e. The van der Waals surface area contributed by atoms with Crippen molar-refractivity contribution in [1.82, 2.24) is 4.98 Å². The van der Waals surface area contributed by atoms with Crippen LogP contribution in [0.25, 0.3) is 11.5 Å². The maximum atomic E-state index is 13.5. The van der Waals surface area contributed by atoms with E-state index in [2.05, 4.69) is 32.7 Å². The zero-order valence-corrected chi connectivity index (χ0v) is 20.5. The highest BCUT2D eigenvalue weighted by Crippen LogP contribution is 2.37. The number of aromatic nitrogens is 1. The van der Waals surface area contributed by atoms with Crippen LogP contribution in [0.3, 0.4) is 0 Å². The Hall–Kier alpha value is -2.31. The molecule has 1 aliphatic heterocycles. The minimum absolute atomic E-state index is 0.0217. The summed E-state index contributed by atoms with van der Waals surface area (Å²) in [6, 6.07) is 14.1. The molecule has 3 aromatic rings. The van der Waals surface area contributed by atoms with Gasteiger partial charge in [0.15, 0.2) is 0 Å². The van der Waals surface area contributed by atoms with Gasteiger partial charge in [-0.2, -0.15) is 4.98 Å². The number of piperidine rings is 1. The largest absolute Gasteiger partial charge is 0.419 e. The number of rotatable bonds is 4. The standard InChI is InChI=1S/C25H29ClN2O3S/c1-17-13-15-28(16-14-17)24-23(32(29,30)21-11-9-20(26)10-12-21)27-22(31-24)18-5-7-19(8-6-18)25(2,3)4/h5-12,17H,13-16H2,1-4H3. The summed E-state index contributed by atoms with van der Waals surface area (Å²) in [5.74, 6) is 1.24. The van der Waals surface area contributed by atoms with Gasteiger partial charge >= 0.3 is 0 Å². The number of benzene rings is 2. The fourth-order valence-corrected chi connectivity index (χ4v) is 5.29. The van der Waals surface area contributed by atoms with E-state index in [4.69, 9.17) is 16.0 Å². The molecule has 0 aliphatic carbocycles. The van der Waals surface area contributed by atoms with Crippen molar-refractivity contribution in [2.24, 2.45) is 5.92 Å². The van der Waals surface area contributed by atoms with Gasteiger partial charge in [0.2, 0.25) is 26.6 Å². The van der Waals surface area contributed by atoms with Crippen LogP contribution >= 0.6 is 11.6 Å². The molecule has 0 radical (unpaired) electrons. The maximum Gasteiger partial charge on any atom is 0.236 e. The third kappa shape index (κ3) is 4.57.